The minimum atomic E-state index is -0.0960. The van der Waals surface area contributed by atoms with E-state index < -0.39 is 0 Å². The van der Waals surface area contributed by atoms with Crippen LogP contribution in [0.25, 0.3) is 0 Å². The maximum Gasteiger partial charge on any atom is 0.188 e. The van der Waals surface area contributed by atoms with Crippen LogP contribution in [0.2, 0.25) is 0 Å². The van der Waals surface area contributed by atoms with Gasteiger partial charge in [0.05, 0.1) is 13.2 Å². The van der Waals surface area contributed by atoms with Crippen LogP contribution >= 0.6 is 0 Å². The maximum atomic E-state index is 12.0. The van der Waals surface area contributed by atoms with Crippen molar-refractivity contribution < 1.29 is 19.1 Å². The summed E-state index contributed by atoms with van der Waals surface area (Å²) >= 11 is 0. The Bertz CT molecular complexity index is 632. The zero-order valence-electron chi connectivity index (χ0n) is 12.1. The average Bonchev–Trinajstić information content (AvgIpc) is 2.55. The number of Topliss-reactive ketones (excluding diaryl/α,β-unsaturated/α-hetero) is 2. The van der Waals surface area contributed by atoms with E-state index in [1.54, 1.807) is 24.3 Å². The summed E-state index contributed by atoms with van der Waals surface area (Å²) in [4.78, 5) is 24.1. The van der Waals surface area contributed by atoms with Gasteiger partial charge in [-0.2, -0.15) is 0 Å². The normalized spacial score (nSPS) is 16.2. The molecule has 0 atom stereocenters. The Morgan fingerprint density at radius 2 is 1.09 bits per heavy atom. The van der Waals surface area contributed by atoms with Crippen molar-refractivity contribution in [3.05, 3.63) is 70.8 Å². The van der Waals surface area contributed by atoms with Crippen LogP contribution in [0.5, 0.6) is 0 Å². The van der Waals surface area contributed by atoms with Gasteiger partial charge in [0.2, 0.25) is 0 Å². The number of benzene rings is 2. The van der Waals surface area contributed by atoms with E-state index in [-0.39, 0.29) is 24.8 Å². The first-order valence-electron chi connectivity index (χ1n) is 7.12. The second-order valence-electron chi connectivity index (χ2n) is 5.23. The van der Waals surface area contributed by atoms with Gasteiger partial charge in [-0.05, 0) is 11.1 Å². The van der Waals surface area contributed by atoms with Crippen molar-refractivity contribution in [3.8, 4) is 0 Å². The second kappa shape index (κ2) is 6.64. The summed E-state index contributed by atoms with van der Waals surface area (Å²) in [6.45, 7) is 0.787. The van der Waals surface area contributed by atoms with Crippen molar-refractivity contribution in [1.82, 2.24) is 0 Å². The molecule has 0 aromatic heterocycles. The van der Waals surface area contributed by atoms with Gasteiger partial charge in [-0.1, -0.05) is 48.5 Å². The lowest BCUT2D eigenvalue weighted by atomic mass is 10.1. The number of carbonyl (C=O) groups is 2. The number of fused-ring (bicyclic) bond motifs is 8. The molecule has 112 valence electrons. The van der Waals surface area contributed by atoms with E-state index in [1.807, 2.05) is 24.3 Å². The fourth-order valence-electron chi connectivity index (χ4n) is 2.34. The van der Waals surface area contributed by atoms with E-state index in [9.17, 15) is 9.59 Å². The SMILES string of the molecule is O=C1COCc2cccc(c2)COCC(=O)c2ccc1cc2. The standard InChI is InChI=1S/C18H16O4/c19-17-11-21-9-13-2-1-3-14(8-13)10-22-12-18(20)16-6-4-15(17)5-7-16/h1-8H,9-12H2. The third-order valence-electron chi connectivity index (χ3n) is 3.52. The molecule has 2 aliphatic rings. The Morgan fingerprint density at radius 3 is 1.55 bits per heavy atom. The maximum absolute atomic E-state index is 12.0. The molecule has 4 nitrogen and oxygen atoms in total. The summed E-state index contributed by atoms with van der Waals surface area (Å²) in [5.74, 6) is -0.192. The van der Waals surface area contributed by atoms with Gasteiger partial charge in [-0.15, -0.1) is 0 Å². The molecule has 0 spiro atoms. The van der Waals surface area contributed by atoms with Gasteiger partial charge < -0.3 is 9.47 Å². The molecule has 0 N–H and O–H groups in total. The molecule has 2 aliphatic heterocycles. The first-order chi connectivity index (χ1) is 10.7. The highest BCUT2D eigenvalue weighted by atomic mass is 16.5. The summed E-state index contributed by atoms with van der Waals surface area (Å²) in [5.41, 5.74) is 3.04. The lowest BCUT2D eigenvalue weighted by Gasteiger charge is -2.06. The van der Waals surface area contributed by atoms with Gasteiger partial charge in [-0.3, -0.25) is 9.59 Å². The highest BCUT2D eigenvalue weighted by molar-refractivity contribution is 6.00. The van der Waals surface area contributed by atoms with E-state index in [1.165, 1.54) is 0 Å². The number of hydrogen-bond donors (Lipinski definition) is 0. The number of hydrogen-bond acceptors (Lipinski definition) is 4. The molecule has 0 saturated carbocycles. The summed E-state index contributed by atoms with van der Waals surface area (Å²) in [7, 11) is 0. The van der Waals surface area contributed by atoms with Crippen molar-refractivity contribution in [3.63, 3.8) is 0 Å². The van der Waals surface area contributed by atoms with Crippen LogP contribution < -0.4 is 0 Å². The van der Waals surface area contributed by atoms with Crippen LogP contribution in [0.15, 0.2) is 48.5 Å². The van der Waals surface area contributed by atoms with Crippen LogP contribution in [0.4, 0.5) is 0 Å². The van der Waals surface area contributed by atoms with Crippen LogP contribution in [-0.2, 0) is 22.7 Å². The minimum Gasteiger partial charge on any atom is -0.369 e. The van der Waals surface area contributed by atoms with Gasteiger partial charge in [-0.25, -0.2) is 0 Å². The Labute approximate surface area is 128 Å². The molecular formula is C18H16O4. The Morgan fingerprint density at radius 1 is 0.636 bits per heavy atom. The van der Waals surface area contributed by atoms with Crippen molar-refractivity contribution >= 4 is 11.6 Å². The molecule has 0 radical (unpaired) electrons. The molecule has 2 aromatic carbocycles. The van der Waals surface area contributed by atoms with E-state index in [2.05, 4.69) is 0 Å². The third-order valence-corrected chi connectivity index (χ3v) is 3.52. The zero-order valence-corrected chi connectivity index (χ0v) is 12.1. The fraction of sp³-hybridized carbons (Fsp3) is 0.222. The van der Waals surface area contributed by atoms with Crippen molar-refractivity contribution in [1.29, 1.82) is 0 Å². The highest BCUT2D eigenvalue weighted by Crippen LogP contribution is 2.11. The predicted molar refractivity (Wildman–Crippen MR) is 80.9 cm³/mol. The van der Waals surface area contributed by atoms with Crippen LogP contribution in [0, 0.1) is 0 Å². The molecular weight excluding hydrogens is 280 g/mol. The average molecular weight is 296 g/mol. The molecule has 0 unspecified atom stereocenters. The summed E-state index contributed by atoms with van der Waals surface area (Å²) in [6.07, 6.45) is 0. The lowest BCUT2D eigenvalue weighted by Crippen LogP contribution is -2.10. The molecule has 0 fully saturated rings. The molecule has 2 aromatic rings. The highest BCUT2D eigenvalue weighted by Gasteiger charge is 2.11. The van der Waals surface area contributed by atoms with Crippen LogP contribution in [-0.4, -0.2) is 24.8 Å². The molecule has 22 heavy (non-hydrogen) atoms. The summed E-state index contributed by atoms with van der Waals surface area (Å²) in [6, 6.07) is 14.3. The molecule has 4 heteroatoms. The monoisotopic (exact) mass is 296 g/mol. The van der Waals surface area contributed by atoms with Gasteiger partial charge in [0.1, 0.15) is 13.2 Å². The smallest absolute Gasteiger partial charge is 0.188 e. The molecule has 0 saturated heterocycles. The summed E-state index contributed by atoms with van der Waals surface area (Å²) < 4.78 is 11.0. The van der Waals surface area contributed by atoms with Crippen molar-refractivity contribution in [2.45, 2.75) is 13.2 Å². The lowest BCUT2D eigenvalue weighted by molar-refractivity contribution is 0.0725. The molecule has 2 heterocycles. The quantitative estimate of drug-likeness (QED) is 0.750. The second-order valence-corrected chi connectivity index (χ2v) is 5.23. The molecule has 0 aliphatic carbocycles. The minimum absolute atomic E-state index is 0.0218. The first-order valence-corrected chi connectivity index (χ1v) is 7.12. The number of carbonyl (C=O) groups excluding carboxylic acids is 2. The van der Waals surface area contributed by atoms with Gasteiger partial charge in [0, 0.05) is 11.1 Å². The van der Waals surface area contributed by atoms with E-state index in [0.717, 1.165) is 11.1 Å². The fourth-order valence-corrected chi connectivity index (χ4v) is 2.34. The van der Waals surface area contributed by atoms with Crippen molar-refractivity contribution in [2.24, 2.45) is 0 Å². The number of ether oxygens (including phenoxy) is 2. The molecule has 4 bridgehead atoms. The van der Waals surface area contributed by atoms with E-state index >= 15 is 0 Å². The van der Waals surface area contributed by atoms with E-state index in [4.69, 9.17) is 9.47 Å². The van der Waals surface area contributed by atoms with E-state index in [0.29, 0.717) is 24.3 Å². The zero-order chi connectivity index (χ0) is 15.4. The van der Waals surface area contributed by atoms with Gasteiger partial charge in [0.15, 0.2) is 11.6 Å². The Kier molecular flexibility index (Phi) is 4.42. The Hall–Kier alpha value is -2.30. The first kappa shape index (κ1) is 14.6. The largest absolute Gasteiger partial charge is 0.369 e. The topological polar surface area (TPSA) is 52.6 Å². The van der Waals surface area contributed by atoms with Crippen LogP contribution in [0.1, 0.15) is 31.8 Å². The van der Waals surface area contributed by atoms with Crippen LogP contribution in [0.3, 0.4) is 0 Å². The Balaban J connectivity index is 1.85. The molecule has 0 amide bonds. The molecule has 4 rings (SSSR count). The van der Waals surface area contributed by atoms with Crippen molar-refractivity contribution in [2.75, 3.05) is 13.2 Å². The predicted octanol–water partition coefficient (Wildman–Crippen LogP) is 2.80. The van der Waals surface area contributed by atoms with Gasteiger partial charge in [0.25, 0.3) is 0 Å². The third kappa shape index (κ3) is 3.47. The number of ketones is 2. The van der Waals surface area contributed by atoms with Gasteiger partial charge >= 0.3 is 0 Å². The summed E-state index contributed by atoms with van der Waals surface area (Å²) in [5, 5.41) is 0. The number of rotatable bonds is 0.